The SMILES string of the molecule is C=C/C=C(\C=C/C)[C@H](NCc1ccc(C(F)(F)F)cc1)[C@@H](NCc1ccc(C(F)(F)F)cc1)c1ccccc1. The third-order valence-corrected chi connectivity index (χ3v) is 6.14. The van der Waals surface area contributed by atoms with Crippen LogP contribution in [0.4, 0.5) is 26.3 Å². The normalized spacial score (nSPS) is 14.4. The summed E-state index contributed by atoms with van der Waals surface area (Å²) in [6.45, 7) is 6.25. The van der Waals surface area contributed by atoms with E-state index in [4.69, 9.17) is 0 Å². The average Bonchev–Trinajstić information content (AvgIpc) is 2.90. The van der Waals surface area contributed by atoms with Crippen molar-refractivity contribution in [2.24, 2.45) is 0 Å². The molecule has 0 amide bonds. The fraction of sp³-hybridized carbons (Fsp3) is 0.226. The minimum absolute atomic E-state index is 0.278. The average molecular weight is 545 g/mol. The number of nitrogens with one attached hydrogen (secondary N) is 2. The molecule has 39 heavy (non-hydrogen) atoms. The molecule has 0 aliphatic rings. The van der Waals surface area contributed by atoms with E-state index in [-0.39, 0.29) is 25.2 Å². The number of benzene rings is 3. The van der Waals surface area contributed by atoms with Crippen LogP contribution in [0.5, 0.6) is 0 Å². The summed E-state index contributed by atoms with van der Waals surface area (Å²) in [5, 5.41) is 6.94. The minimum atomic E-state index is -4.42. The summed E-state index contributed by atoms with van der Waals surface area (Å²) >= 11 is 0. The molecule has 8 heteroatoms. The first-order valence-electron chi connectivity index (χ1n) is 12.3. The Balaban J connectivity index is 1.92. The molecular weight excluding hydrogens is 514 g/mol. The molecule has 0 saturated carbocycles. The molecule has 3 rings (SSSR count). The van der Waals surface area contributed by atoms with Gasteiger partial charge in [0.1, 0.15) is 0 Å². The lowest BCUT2D eigenvalue weighted by Gasteiger charge is -2.31. The summed E-state index contributed by atoms with van der Waals surface area (Å²) in [7, 11) is 0. The van der Waals surface area contributed by atoms with E-state index in [0.29, 0.717) is 11.1 Å². The molecule has 2 nitrogen and oxygen atoms in total. The maximum Gasteiger partial charge on any atom is 0.416 e. The molecule has 0 bridgehead atoms. The lowest BCUT2D eigenvalue weighted by atomic mass is 9.91. The Morgan fingerprint density at radius 2 is 1.23 bits per heavy atom. The molecular formula is C31H30F6N2. The molecule has 3 aromatic rings. The maximum atomic E-state index is 13.0. The molecule has 0 unspecified atom stereocenters. The molecule has 0 radical (unpaired) electrons. The van der Waals surface area contributed by atoms with Crippen molar-refractivity contribution in [2.75, 3.05) is 0 Å². The van der Waals surface area contributed by atoms with E-state index in [1.165, 1.54) is 24.3 Å². The van der Waals surface area contributed by atoms with Crippen molar-refractivity contribution in [3.8, 4) is 0 Å². The van der Waals surface area contributed by atoms with Gasteiger partial charge in [-0.2, -0.15) is 26.3 Å². The van der Waals surface area contributed by atoms with Crippen LogP contribution in [-0.2, 0) is 25.4 Å². The highest BCUT2D eigenvalue weighted by Crippen LogP contribution is 2.31. The predicted molar refractivity (Wildman–Crippen MR) is 143 cm³/mol. The van der Waals surface area contributed by atoms with Crippen LogP contribution in [-0.4, -0.2) is 6.04 Å². The van der Waals surface area contributed by atoms with Gasteiger partial charge in [-0.3, -0.25) is 0 Å². The highest BCUT2D eigenvalue weighted by atomic mass is 19.4. The zero-order valence-corrected chi connectivity index (χ0v) is 21.4. The largest absolute Gasteiger partial charge is 0.416 e. The number of rotatable bonds is 11. The summed E-state index contributed by atoms with van der Waals surface area (Å²) in [6, 6.07) is 18.8. The summed E-state index contributed by atoms with van der Waals surface area (Å²) in [5.74, 6) is 0. The topological polar surface area (TPSA) is 24.1 Å². The molecule has 3 aromatic carbocycles. The van der Waals surface area contributed by atoms with E-state index in [2.05, 4.69) is 17.2 Å². The third kappa shape index (κ3) is 8.70. The molecule has 0 fully saturated rings. The molecule has 0 heterocycles. The van der Waals surface area contributed by atoms with Gasteiger partial charge in [0.15, 0.2) is 0 Å². The van der Waals surface area contributed by atoms with Crippen LogP contribution in [0.2, 0.25) is 0 Å². The van der Waals surface area contributed by atoms with E-state index in [1.807, 2.05) is 55.5 Å². The monoisotopic (exact) mass is 544 g/mol. The quantitative estimate of drug-likeness (QED) is 0.187. The Morgan fingerprint density at radius 1 is 0.744 bits per heavy atom. The number of alkyl halides is 6. The van der Waals surface area contributed by atoms with Crippen molar-refractivity contribution in [3.63, 3.8) is 0 Å². The van der Waals surface area contributed by atoms with Gasteiger partial charge in [0.05, 0.1) is 23.2 Å². The lowest BCUT2D eigenvalue weighted by molar-refractivity contribution is -0.138. The first-order valence-corrected chi connectivity index (χ1v) is 12.3. The summed E-state index contributed by atoms with van der Waals surface area (Å²) in [5.41, 5.74) is 1.70. The molecule has 0 aromatic heterocycles. The van der Waals surface area contributed by atoms with Crippen molar-refractivity contribution in [1.29, 1.82) is 0 Å². The number of hydrogen-bond donors (Lipinski definition) is 2. The van der Waals surface area contributed by atoms with Gasteiger partial charge in [-0.05, 0) is 53.5 Å². The van der Waals surface area contributed by atoms with Gasteiger partial charge in [0, 0.05) is 13.1 Å². The van der Waals surface area contributed by atoms with Gasteiger partial charge in [-0.15, -0.1) is 0 Å². The van der Waals surface area contributed by atoms with Gasteiger partial charge < -0.3 is 10.6 Å². The molecule has 0 spiro atoms. The van der Waals surface area contributed by atoms with Gasteiger partial charge in [0.2, 0.25) is 0 Å². The van der Waals surface area contributed by atoms with E-state index in [9.17, 15) is 26.3 Å². The smallest absolute Gasteiger partial charge is 0.304 e. The second-order valence-electron chi connectivity index (χ2n) is 8.92. The number of halogens is 6. The van der Waals surface area contributed by atoms with Crippen LogP contribution in [0.3, 0.4) is 0 Å². The highest BCUT2D eigenvalue weighted by Gasteiger charge is 2.31. The van der Waals surface area contributed by atoms with Crippen molar-refractivity contribution >= 4 is 0 Å². The van der Waals surface area contributed by atoms with Crippen molar-refractivity contribution in [1.82, 2.24) is 10.6 Å². The fourth-order valence-corrected chi connectivity index (χ4v) is 4.19. The second-order valence-corrected chi connectivity index (χ2v) is 8.92. The van der Waals surface area contributed by atoms with Crippen LogP contribution in [0.25, 0.3) is 0 Å². The molecule has 0 aliphatic carbocycles. The first kappa shape index (κ1) is 29.9. The fourth-order valence-electron chi connectivity index (χ4n) is 4.19. The summed E-state index contributed by atoms with van der Waals surface area (Å²) in [4.78, 5) is 0. The Labute approximate surface area is 224 Å². The highest BCUT2D eigenvalue weighted by molar-refractivity contribution is 5.35. The van der Waals surface area contributed by atoms with E-state index < -0.39 is 23.5 Å². The van der Waals surface area contributed by atoms with Gasteiger partial charge in [-0.25, -0.2) is 0 Å². The molecule has 2 N–H and O–H groups in total. The van der Waals surface area contributed by atoms with Crippen molar-refractivity contribution in [2.45, 2.75) is 44.4 Å². The standard InChI is InChI=1S/C31H30F6N2/c1-3-8-24(9-4-2)28(38-20-22-12-16-26(17-13-22)30(32,33)34)29(25-10-6-5-7-11-25)39-21-23-14-18-27(19-15-23)31(35,36)37/h3-19,28-29,38-39H,1,20-21H2,2H3/b9-4-,24-8+/t28-,29-/m0/s1. The van der Waals surface area contributed by atoms with Gasteiger partial charge in [0.25, 0.3) is 0 Å². The maximum absolute atomic E-state index is 13.0. The molecule has 2 atom stereocenters. The van der Waals surface area contributed by atoms with E-state index >= 15 is 0 Å². The summed E-state index contributed by atoms with van der Waals surface area (Å²) < 4.78 is 78.0. The minimum Gasteiger partial charge on any atom is -0.304 e. The van der Waals surface area contributed by atoms with Crippen LogP contribution in [0, 0.1) is 0 Å². The van der Waals surface area contributed by atoms with Crippen LogP contribution < -0.4 is 10.6 Å². The number of hydrogen-bond acceptors (Lipinski definition) is 2. The Morgan fingerprint density at radius 3 is 1.67 bits per heavy atom. The predicted octanol–water partition coefficient (Wildman–Crippen LogP) is 8.40. The van der Waals surface area contributed by atoms with Crippen molar-refractivity contribution < 1.29 is 26.3 Å². The third-order valence-electron chi connectivity index (χ3n) is 6.14. The molecule has 206 valence electrons. The van der Waals surface area contributed by atoms with E-state index in [1.54, 1.807) is 6.08 Å². The van der Waals surface area contributed by atoms with Gasteiger partial charge in [-0.1, -0.05) is 85.5 Å². The van der Waals surface area contributed by atoms with Gasteiger partial charge >= 0.3 is 12.4 Å². The lowest BCUT2D eigenvalue weighted by Crippen LogP contribution is -2.42. The van der Waals surface area contributed by atoms with Crippen LogP contribution >= 0.6 is 0 Å². The number of allylic oxidation sites excluding steroid dienone is 3. The second kappa shape index (κ2) is 13.4. The first-order chi connectivity index (χ1) is 18.5. The zero-order valence-electron chi connectivity index (χ0n) is 21.4. The zero-order chi connectivity index (χ0) is 28.5. The Hall–Kier alpha value is -3.62. The van der Waals surface area contributed by atoms with Crippen molar-refractivity contribution in [3.05, 3.63) is 143 Å². The van der Waals surface area contributed by atoms with Crippen LogP contribution in [0.1, 0.15) is 40.8 Å². The Kier molecular flexibility index (Phi) is 10.3. The van der Waals surface area contributed by atoms with Crippen LogP contribution in [0.15, 0.2) is 115 Å². The Bertz CT molecular complexity index is 1240. The summed E-state index contributed by atoms with van der Waals surface area (Å²) in [6.07, 6.45) is -1.54. The van der Waals surface area contributed by atoms with E-state index in [0.717, 1.165) is 35.4 Å². The molecule has 0 saturated heterocycles. The molecule has 0 aliphatic heterocycles.